The maximum absolute atomic E-state index is 15.0. The number of ketones is 1. The molecule has 2 heterocycles. The van der Waals surface area contributed by atoms with Crippen LogP contribution in [0.4, 0.5) is 19.3 Å². The number of halogens is 3. The number of H-pyrrole nitrogens is 1. The van der Waals surface area contributed by atoms with E-state index in [4.69, 9.17) is 11.6 Å². The summed E-state index contributed by atoms with van der Waals surface area (Å²) in [6.45, 7) is 2.47. The standard InChI is InChI=1S/C20H19ClF2N4O2/c1-3-4-7-27(2)20(29)26-15-6-5-14(22)16(17(15)23)18(28)13-10-25-19-12(13)8-11(21)9-24-19/h5-6,8-10H,3-4,7H2,1-2H3,(H,24,25)(H,26,29). The Morgan fingerprint density at radius 1 is 1.31 bits per heavy atom. The van der Waals surface area contributed by atoms with Gasteiger partial charge in [0, 0.05) is 36.9 Å². The monoisotopic (exact) mass is 420 g/mol. The molecule has 0 unspecified atom stereocenters. The predicted octanol–water partition coefficient (Wildman–Crippen LogP) is 4.99. The number of urea groups is 1. The predicted molar refractivity (Wildman–Crippen MR) is 107 cm³/mol. The van der Waals surface area contributed by atoms with Gasteiger partial charge < -0.3 is 15.2 Å². The highest BCUT2D eigenvalue weighted by molar-refractivity contribution is 6.31. The summed E-state index contributed by atoms with van der Waals surface area (Å²) < 4.78 is 29.4. The van der Waals surface area contributed by atoms with Crippen molar-refractivity contribution in [2.75, 3.05) is 18.9 Å². The fourth-order valence-electron chi connectivity index (χ4n) is 2.87. The Bertz CT molecular complexity index is 1080. The SMILES string of the molecule is CCCCN(C)C(=O)Nc1ccc(F)c(C(=O)c2c[nH]c3ncc(Cl)cc23)c1F. The maximum Gasteiger partial charge on any atom is 0.321 e. The molecule has 2 N–H and O–H groups in total. The minimum atomic E-state index is -1.14. The molecule has 0 spiro atoms. The molecular formula is C20H19ClF2N4O2. The molecule has 2 aromatic heterocycles. The zero-order chi connectivity index (χ0) is 21.1. The molecule has 29 heavy (non-hydrogen) atoms. The van der Waals surface area contributed by atoms with E-state index in [9.17, 15) is 18.4 Å². The van der Waals surface area contributed by atoms with Crippen LogP contribution in [-0.4, -0.2) is 40.3 Å². The number of hydrogen-bond acceptors (Lipinski definition) is 3. The van der Waals surface area contributed by atoms with Gasteiger partial charge in [0.1, 0.15) is 11.5 Å². The van der Waals surface area contributed by atoms with Gasteiger partial charge in [-0.3, -0.25) is 4.79 Å². The third kappa shape index (κ3) is 4.22. The number of carbonyl (C=O) groups is 2. The lowest BCUT2D eigenvalue weighted by atomic mass is 10.0. The van der Waals surface area contributed by atoms with Crippen molar-refractivity contribution in [3.05, 3.63) is 58.4 Å². The highest BCUT2D eigenvalue weighted by Gasteiger charge is 2.25. The van der Waals surface area contributed by atoms with Crippen LogP contribution in [0.1, 0.15) is 35.7 Å². The van der Waals surface area contributed by atoms with Crippen LogP contribution >= 0.6 is 11.6 Å². The van der Waals surface area contributed by atoms with Crippen LogP contribution in [0.3, 0.4) is 0 Å². The van der Waals surface area contributed by atoms with Gasteiger partial charge in [0.25, 0.3) is 0 Å². The number of benzene rings is 1. The van der Waals surface area contributed by atoms with Crippen LogP contribution in [0.25, 0.3) is 11.0 Å². The summed E-state index contributed by atoms with van der Waals surface area (Å²) in [6.07, 6.45) is 4.39. The van der Waals surface area contributed by atoms with Crippen LogP contribution < -0.4 is 5.32 Å². The van der Waals surface area contributed by atoms with Gasteiger partial charge in [0.15, 0.2) is 5.82 Å². The van der Waals surface area contributed by atoms with Gasteiger partial charge >= 0.3 is 6.03 Å². The van der Waals surface area contributed by atoms with Gasteiger partial charge in [0.05, 0.1) is 16.3 Å². The zero-order valence-electron chi connectivity index (χ0n) is 15.9. The van der Waals surface area contributed by atoms with Crippen molar-refractivity contribution >= 4 is 40.1 Å². The number of amides is 2. The smallest absolute Gasteiger partial charge is 0.321 e. The molecule has 3 aromatic rings. The topological polar surface area (TPSA) is 78.1 Å². The van der Waals surface area contributed by atoms with Crippen molar-refractivity contribution in [1.82, 2.24) is 14.9 Å². The van der Waals surface area contributed by atoms with Crippen molar-refractivity contribution in [2.45, 2.75) is 19.8 Å². The molecule has 0 radical (unpaired) electrons. The second kappa shape index (κ2) is 8.57. The summed E-state index contributed by atoms with van der Waals surface area (Å²) in [5, 5.41) is 3.01. The van der Waals surface area contributed by atoms with E-state index < -0.39 is 29.0 Å². The van der Waals surface area contributed by atoms with E-state index in [-0.39, 0.29) is 16.3 Å². The second-order valence-corrected chi connectivity index (χ2v) is 7.01. The lowest BCUT2D eigenvalue weighted by Crippen LogP contribution is -2.32. The summed E-state index contributed by atoms with van der Waals surface area (Å²) in [4.78, 5) is 33.3. The molecule has 152 valence electrons. The highest BCUT2D eigenvalue weighted by Crippen LogP contribution is 2.28. The molecule has 0 bridgehead atoms. The van der Waals surface area contributed by atoms with Gasteiger partial charge in [0.2, 0.25) is 5.78 Å². The normalized spacial score (nSPS) is 10.9. The average molecular weight is 421 g/mol. The maximum atomic E-state index is 15.0. The molecule has 0 saturated carbocycles. The van der Waals surface area contributed by atoms with Crippen LogP contribution in [-0.2, 0) is 0 Å². The van der Waals surface area contributed by atoms with E-state index in [2.05, 4.69) is 15.3 Å². The van der Waals surface area contributed by atoms with E-state index in [0.29, 0.717) is 17.6 Å². The number of nitrogens with one attached hydrogen (secondary N) is 2. The van der Waals surface area contributed by atoms with Crippen molar-refractivity contribution in [3.8, 4) is 0 Å². The minimum Gasteiger partial charge on any atom is -0.345 e. The minimum absolute atomic E-state index is 0.0244. The number of anilines is 1. The average Bonchev–Trinajstić information content (AvgIpc) is 3.11. The van der Waals surface area contributed by atoms with Crippen molar-refractivity contribution in [1.29, 1.82) is 0 Å². The summed E-state index contributed by atoms with van der Waals surface area (Å²) in [5.74, 6) is -3.06. The zero-order valence-corrected chi connectivity index (χ0v) is 16.6. The van der Waals surface area contributed by atoms with Crippen molar-refractivity contribution < 1.29 is 18.4 Å². The number of pyridine rings is 1. The van der Waals surface area contributed by atoms with Crippen LogP contribution in [0, 0.1) is 11.6 Å². The highest BCUT2D eigenvalue weighted by atomic mass is 35.5. The Hall–Kier alpha value is -3.00. The van der Waals surface area contributed by atoms with Gasteiger partial charge in [-0.15, -0.1) is 0 Å². The number of aromatic amines is 1. The number of rotatable bonds is 6. The Balaban J connectivity index is 1.95. The van der Waals surface area contributed by atoms with Crippen molar-refractivity contribution in [3.63, 3.8) is 0 Å². The van der Waals surface area contributed by atoms with Crippen LogP contribution in [0.2, 0.25) is 5.02 Å². The summed E-state index contributed by atoms with van der Waals surface area (Å²) in [5.41, 5.74) is -0.657. The molecule has 2 amide bonds. The first-order chi connectivity index (χ1) is 13.8. The number of fused-ring (bicyclic) bond motifs is 1. The molecule has 0 fully saturated rings. The molecule has 0 atom stereocenters. The third-order valence-electron chi connectivity index (χ3n) is 4.50. The van der Waals surface area contributed by atoms with Crippen LogP contribution in [0.15, 0.2) is 30.6 Å². The number of nitrogens with zero attached hydrogens (tertiary/aromatic N) is 2. The molecule has 6 nitrogen and oxygen atoms in total. The summed E-state index contributed by atoms with van der Waals surface area (Å²) >= 11 is 5.92. The van der Waals surface area contributed by atoms with E-state index >= 15 is 0 Å². The third-order valence-corrected chi connectivity index (χ3v) is 4.70. The molecule has 3 rings (SSSR count). The van der Waals surface area contributed by atoms with Crippen LogP contribution in [0.5, 0.6) is 0 Å². The quantitative estimate of drug-likeness (QED) is 0.551. The molecule has 0 aliphatic rings. The van der Waals surface area contributed by atoms with Crippen molar-refractivity contribution in [2.24, 2.45) is 0 Å². The Morgan fingerprint density at radius 3 is 2.79 bits per heavy atom. The molecular weight excluding hydrogens is 402 g/mol. The van der Waals surface area contributed by atoms with Gasteiger partial charge in [-0.05, 0) is 24.6 Å². The lowest BCUT2D eigenvalue weighted by Gasteiger charge is -2.18. The molecule has 0 aliphatic heterocycles. The molecule has 9 heteroatoms. The second-order valence-electron chi connectivity index (χ2n) is 6.57. The van der Waals surface area contributed by atoms with Gasteiger partial charge in [-0.2, -0.15) is 0 Å². The fraction of sp³-hybridized carbons (Fsp3) is 0.250. The van der Waals surface area contributed by atoms with E-state index in [1.165, 1.54) is 23.4 Å². The molecule has 0 saturated heterocycles. The Morgan fingerprint density at radius 2 is 2.07 bits per heavy atom. The van der Waals surface area contributed by atoms with E-state index in [1.807, 2.05) is 6.92 Å². The lowest BCUT2D eigenvalue weighted by molar-refractivity contribution is 0.103. The first-order valence-corrected chi connectivity index (χ1v) is 9.38. The summed E-state index contributed by atoms with van der Waals surface area (Å²) in [7, 11) is 1.57. The first kappa shape index (κ1) is 20.7. The van der Waals surface area contributed by atoms with E-state index in [1.54, 1.807) is 7.05 Å². The van der Waals surface area contributed by atoms with Gasteiger partial charge in [-0.1, -0.05) is 24.9 Å². The Labute approximate surface area is 170 Å². The first-order valence-electron chi connectivity index (χ1n) is 9.01. The molecule has 0 aliphatic carbocycles. The summed E-state index contributed by atoms with van der Waals surface area (Å²) in [6, 6.07) is 2.96. The number of hydrogen-bond donors (Lipinski definition) is 2. The van der Waals surface area contributed by atoms with E-state index in [0.717, 1.165) is 25.0 Å². The Kier molecular flexibility index (Phi) is 6.12. The fourth-order valence-corrected chi connectivity index (χ4v) is 3.02. The number of aromatic nitrogens is 2. The molecule has 1 aromatic carbocycles. The van der Waals surface area contributed by atoms with Gasteiger partial charge in [-0.25, -0.2) is 18.6 Å². The largest absolute Gasteiger partial charge is 0.345 e. The number of carbonyl (C=O) groups excluding carboxylic acids is 2. The number of unbranched alkanes of at least 4 members (excludes halogenated alkanes) is 1.